The number of amides is 1. The Hall–Kier alpha value is -4.03. The van der Waals surface area contributed by atoms with Crippen LogP contribution in [0.2, 0.25) is 0 Å². The minimum Gasteiger partial charge on any atom is -0.494 e. The van der Waals surface area contributed by atoms with E-state index in [9.17, 15) is 13.2 Å². The van der Waals surface area contributed by atoms with Crippen molar-refractivity contribution in [3.05, 3.63) is 78.4 Å². The van der Waals surface area contributed by atoms with Crippen molar-refractivity contribution < 1.29 is 22.7 Å². The maximum absolute atomic E-state index is 12.6. The zero-order chi connectivity index (χ0) is 23.0. The number of rotatable bonds is 9. The van der Waals surface area contributed by atoms with Crippen LogP contribution in [0.3, 0.4) is 0 Å². The Labute approximate surface area is 186 Å². The number of anilines is 2. The summed E-state index contributed by atoms with van der Waals surface area (Å²) in [6.45, 7) is 2.12. The normalized spacial score (nSPS) is 10.6. The molecule has 1 amide bonds. The quantitative estimate of drug-likeness (QED) is 0.511. The van der Waals surface area contributed by atoms with Gasteiger partial charge in [-0.1, -0.05) is 6.07 Å². The van der Waals surface area contributed by atoms with Gasteiger partial charge in [0.1, 0.15) is 11.5 Å². The zero-order valence-electron chi connectivity index (χ0n) is 17.2. The molecular weight excluding hydrogens is 430 g/mol. The first-order chi connectivity index (χ1) is 15.4. The van der Waals surface area contributed by atoms with Crippen molar-refractivity contribution in [2.75, 3.05) is 23.3 Å². The van der Waals surface area contributed by atoms with Gasteiger partial charge in [-0.3, -0.25) is 9.52 Å². The SMILES string of the molecule is CCOc1ccc(NS(=O)(=O)c2ccc(OCC(=O)Nc3cccc(C#N)c3)cc2)cc1. The van der Waals surface area contributed by atoms with Gasteiger partial charge in [-0.05, 0) is 73.7 Å². The van der Waals surface area contributed by atoms with E-state index < -0.39 is 15.9 Å². The highest BCUT2D eigenvalue weighted by atomic mass is 32.2. The summed E-state index contributed by atoms with van der Waals surface area (Å²) < 4.78 is 38.4. The Kier molecular flexibility index (Phi) is 7.31. The van der Waals surface area contributed by atoms with E-state index in [4.69, 9.17) is 14.7 Å². The van der Waals surface area contributed by atoms with Crippen LogP contribution in [0.4, 0.5) is 11.4 Å². The number of benzene rings is 3. The summed E-state index contributed by atoms with van der Waals surface area (Å²) in [6, 6.07) is 20.8. The van der Waals surface area contributed by atoms with Crippen LogP contribution < -0.4 is 19.5 Å². The number of sulfonamides is 1. The van der Waals surface area contributed by atoms with Crippen molar-refractivity contribution >= 4 is 27.3 Å². The summed E-state index contributed by atoms with van der Waals surface area (Å²) >= 11 is 0. The van der Waals surface area contributed by atoms with Gasteiger partial charge in [-0.2, -0.15) is 5.26 Å². The van der Waals surface area contributed by atoms with Crippen LogP contribution in [0.1, 0.15) is 12.5 Å². The average Bonchev–Trinajstić information content (AvgIpc) is 2.79. The highest BCUT2D eigenvalue weighted by Gasteiger charge is 2.14. The van der Waals surface area contributed by atoms with Gasteiger partial charge in [0.2, 0.25) is 0 Å². The molecule has 2 N–H and O–H groups in total. The first kappa shape index (κ1) is 22.7. The van der Waals surface area contributed by atoms with E-state index in [0.717, 1.165) is 0 Å². The number of hydrogen-bond acceptors (Lipinski definition) is 6. The van der Waals surface area contributed by atoms with E-state index in [2.05, 4.69) is 10.0 Å². The molecule has 3 aromatic rings. The fourth-order valence-electron chi connectivity index (χ4n) is 2.73. The van der Waals surface area contributed by atoms with Gasteiger partial charge < -0.3 is 14.8 Å². The summed E-state index contributed by atoms with van der Waals surface area (Å²) in [7, 11) is -3.79. The lowest BCUT2D eigenvalue weighted by Gasteiger charge is -2.11. The predicted molar refractivity (Wildman–Crippen MR) is 120 cm³/mol. The minimum absolute atomic E-state index is 0.0523. The molecule has 0 aromatic heterocycles. The largest absolute Gasteiger partial charge is 0.494 e. The maximum atomic E-state index is 12.6. The molecule has 0 heterocycles. The Morgan fingerprint density at radius 3 is 2.25 bits per heavy atom. The second kappa shape index (κ2) is 10.3. The molecule has 0 unspecified atom stereocenters. The molecule has 0 aliphatic rings. The molecule has 0 atom stereocenters. The van der Waals surface area contributed by atoms with Gasteiger partial charge in [0.15, 0.2) is 6.61 Å². The number of hydrogen-bond donors (Lipinski definition) is 2. The fraction of sp³-hybridized carbons (Fsp3) is 0.130. The highest BCUT2D eigenvalue weighted by molar-refractivity contribution is 7.92. The van der Waals surface area contributed by atoms with Gasteiger partial charge in [0.05, 0.1) is 23.1 Å². The molecule has 0 spiro atoms. The van der Waals surface area contributed by atoms with Crippen molar-refractivity contribution in [3.8, 4) is 17.6 Å². The molecule has 0 aliphatic heterocycles. The van der Waals surface area contributed by atoms with Gasteiger partial charge in [-0.25, -0.2) is 8.42 Å². The van der Waals surface area contributed by atoms with Crippen molar-refractivity contribution in [2.45, 2.75) is 11.8 Å². The number of nitrogens with zero attached hydrogens (tertiary/aromatic N) is 1. The number of nitriles is 1. The predicted octanol–water partition coefficient (Wildman–Crippen LogP) is 3.78. The second-order valence-corrected chi connectivity index (χ2v) is 8.25. The molecule has 32 heavy (non-hydrogen) atoms. The zero-order valence-corrected chi connectivity index (χ0v) is 18.1. The first-order valence-electron chi connectivity index (χ1n) is 9.68. The summed E-state index contributed by atoms with van der Waals surface area (Å²) in [4.78, 5) is 12.1. The molecular formula is C23H21N3O5S. The molecule has 3 aromatic carbocycles. The van der Waals surface area contributed by atoms with Crippen LogP contribution in [0.15, 0.2) is 77.7 Å². The molecule has 0 bridgehead atoms. The van der Waals surface area contributed by atoms with Crippen molar-refractivity contribution in [1.82, 2.24) is 0 Å². The van der Waals surface area contributed by atoms with Gasteiger partial charge >= 0.3 is 0 Å². The van der Waals surface area contributed by atoms with Crippen LogP contribution >= 0.6 is 0 Å². The summed E-state index contributed by atoms with van der Waals surface area (Å²) in [5.74, 6) is 0.582. The van der Waals surface area contributed by atoms with Crippen LogP contribution in [0, 0.1) is 11.3 Å². The maximum Gasteiger partial charge on any atom is 0.262 e. The highest BCUT2D eigenvalue weighted by Crippen LogP contribution is 2.21. The van der Waals surface area contributed by atoms with Crippen molar-refractivity contribution in [1.29, 1.82) is 5.26 Å². The van der Waals surface area contributed by atoms with Gasteiger partial charge in [-0.15, -0.1) is 0 Å². The van der Waals surface area contributed by atoms with Crippen LogP contribution in [0.25, 0.3) is 0 Å². The van der Waals surface area contributed by atoms with Crippen LogP contribution in [-0.4, -0.2) is 27.5 Å². The number of carbonyl (C=O) groups is 1. The Morgan fingerprint density at radius 2 is 1.59 bits per heavy atom. The smallest absolute Gasteiger partial charge is 0.262 e. The lowest BCUT2D eigenvalue weighted by Crippen LogP contribution is -2.20. The van der Waals surface area contributed by atoms with Crippen molar-refractivity contribution in [2.24, 2.45) is 0 Å². The summed E-state index contributed by atoms with van der Waals surface area (Å²) in [6.07, 6.45) is 0. The molecule has 0 fully saturated rings. The third-order valence-corrected chi connectivity index (χ3v) is 5.59. The van der Waals surface area contributed by atoms with E-state index >= 15 is 0 Å². The number of ether oxygens (including phenoxy) is 2. The monoisotopic (exact) mass is 451 g/mol. The lowest BCUT2D eigenvalue weighted by molar-refractivity contribution is -0.118. The molecule has 0 aliphatic carbocycles. The molecule has 164 valence electrons. The first-order valence-corrected chi connectivity index (χ1v) is 11.2. The summed E-state index contributed by atoms with van der Waals surface area (Å²) in [5, 5.41) is 11.5. The van der Waals surface area contributed by atoms with Crippen molar-refractivity contribution in [3.63, 3.8) is 0 Å². The Morgan fingerprint density at radius 1 is 0.938 bits per heavy atom. The molecule has 8 nitrogen and oxygen atoms in total. The fourth-order valence-corrected chi connectivity index (χ4v) is 3.79. The second-order valence-electron chi connectivity index (χ2n) is 6.56. The van der Waals surface area contributed by atoms with E-state index in [1.807, 2.05) is 13.0 Å². The third kappa shape index (κ3) is 6.23. The Bertz CT molecular complexity index is 1220. The Balaban J connectivity index is 1.56. The third-order valence-electron chi connectivity index (χ3n) is 4.20. The standard InChI is InChI=1S/C23H21N3O5S/c1-2-30-20-8-6-18(7-9-20)26-32(28,29)22-12-10-21(11-13-22)31-16-23(27)25-19-5-3-4-17(14-19)15-24/h3-14,26H,2,16H2,1H3,(H,25,27). The molecule has 0 saturated heterocycles. The average molecular weight is 452 g/mol. The molecule has 9 heteroatoms. The summed E-state index contributed by atoms with van der Waals surface area (Å²) in [5.41, 5.74) is 1.32. The van der Waals surface area contributed by atoms with Gasteiger partial charge in [0.25, 0.3) is 15.9 Å². The molecule has 0 radical (unpaired) electrons. The van der Waals surface area contributed by atoms with E-state index in [-0.39, 0.29) is 11.5 Å². The molecule has 3 rings (SSSR count). The minimum atomic E-state index is -3.79. The van der Waals surface area contributed by atoms with Crippen LogP contribution in [0.5, 0.6) is 11.5 Å². The van der Waals surface area contributed by atoms with Crippen LogP contribution in [-0.2, 0) is 14.8 Å². The topological polar surface area (TPSA) is 118 Å². The van der Waals surface area contributed by atoms with E-state index in [1.165, 1.54) is 24.3 Å². The van der Waals surface area contributed by atoms with Gasteiger partial charge in [0, 0.05) is 11.4 Å². The number of carbonyl (C=O) groups excluding carboxylic acids is 1. The number of nitrogens with one attached hydrogen (secondary N) is 2. The lowest BCUT2D eigenvalue weighted by atomic mass is 10.2. The van der Waals surface area contributed by atoms with E-state index in [0.29, 0.717) is 35.0 Å². The van der Waals surface area contributed by atoms with E-state index in [1.54, 1.807) is 48.5 Å². The molecule has 0 saturated carbocycles.